The van der Waals surface area contributed by atoms with Gasteiger partial charge in [-0.2, -0.15) is 0 Å². The highest BCUT2D eigenvalue weighted by Crippen LogP contribution is 2.43. The Morgan fingerprint density at radius 3 is 2.61 bits per heavy atom. The van der Waals surface area contributed by atoms with E-state index in [-0.39, 0.29) is 17.7 Å². The lowest BCUT2D eigenvalue weighted by atomic mass is 9.99. The molecule has 0 atom stereocenters. The molecule has 0 bridgehead atoms. The summed E-state index contributed by atoms with van der Waals surface area (Å²) >= 11 is 0. The number of hydrogen-bond acceptors (Lipinski definition) is 5. The normalized spacial score (nSPS) is 18.8. The largest absolute Gasteiger partial charge is 0.487 e. The van der Waals surface area contributed by atoms with E-state index in [2.05, 4.69) is 17.3 Å². The predicted molar refractivity (Wildman–Crippen MR) is 89.3 cm³/mol. The molecular weight excluding hydrogens is 297 g/mol. The zero-order valence-electron chi connectivity index (χ0n) is 14.0. The molecule has 0 radical (unpaired) electrons. The SMILES string of the molecule is CC(C)Oc1c2c(cc(F)c1N1CCN(C)CC1)C(=O)CCN2. The number of halogens is 1. The van der Waals surface area contributed by atoms with Crippen molar-refractivity contribution < 1.29 is 13.9 Å². The second-order valence-corrected chi connectivity index (χ2v) is 6.52. The van der Waals surface area contributed by atoms with Gasteiger partial charge in [0.2, 0.25) is 0 Å². The van der Waals surface area contributed by atoms with E-state index in [9.17, 15) is 9.18 Å². The van der Waals surface area contributed by atoms with Gasteiger partial charge in [-0.1, -0.05) is 0 Å². The molecule has 1 fully saturated rings. The van der Waals surface area contributed by atoms with Gasteiger partial charge in [-0.3, -0.25) is 4.79 Å². The van der Waals surface area contributed by atoms with Crippen molar-refractivity contribution in [1.82, 2.24) is 4.90 Å². The van der Waals surface area contributed by atoms with E-state index in [1.54, 1.807) is 0 Å². The molecule has 2 aliphatic heterocycles. The Labute approximate surface area is 136 Å². The van der Waals surface area contributed by atoms with Crippen LogP contribution in [0, 0.1) is 5.82 Å². The van der Waals surface area contributed by atoms with Crippen molar-refractivity contribution in [2.24, 2.45) is 0 Å². The highest BCUT2D eigenvalue weighted by molar-refractivity contribution is 6.05. The minimum atomic E-state index is -0.374. The molecule has 2 heterocycles. The van der Waals surface area contributed by atoms with Gasteiger partial charge in [0, 0.05) is 44.7 Å². The summed E-state index contributed by atoms with van der Waals surface area (Å²) in [6, 6.07) is 1.37. The number of ketones is 1. The van der Waals surface area contributed by atoms with E-state index in [1.807, 2.05) is 18.7 Å². The molecule has 0 aromatic heterocycles. The number of piperazine rings is 1. The van der Waals surface area contributed by atoms with Crippen molar-refractivity contribution in [1.29, 1.82) is 0 Å². The fourth-order valence-electron chi connectivity index (χ4n) is 3.12. The number of nitrogens with zero attached hydrogens (tertiary/aromatic N) is 2. The van der Waals surface area contributed by atoms with Gasteiger partial charge >= 0.3 is 0 Å². The average Bonchev–Trinajstić information content (AvgIpc) is 2.49. The number of likely N-dealkylation sites (N-methyl/N-ethyl adjacent to an activating group) is 1. The molecule has 1 N–H and O–H groups in total. The number of carbonyl (C=O) groups is 1. The summed E-state index contributed by atoms with van der Waals surface area (Å²) in [5.41, 5.74) is 1.53. The molecule has 5 nitrogen and oxygen atoms in total. The standard InChI is InChI=1S/C17H24FN3O2/c1-11(2)23-17-15-12(14(22)4-5-19-15)10-13(18)16(17)21-8-6-20(3)7-9-21/h10-11,19H,4-9H2,1-3H3. The molecule has 0 saturated carbocycles. The number of nitrogens with one attached hydrogen (secondary N) is 1. The third-order valence-corrected chi connectivity index (χ3v) is 4.34. The second-order valence-electron chi connectivity index (χ2n) is 6.52. The smallest absolute Gasteiger partial charge is 0.169 e. The Hall–Kier alpha value is -1.82. The van der Waals surface area contributed by atoms with E-state index < -0.39 is 0 Å². The second kappa shape index (κ2) is 6.35. The highest BCUT2D eigenvalue weighted by Gasteiger charge is 2.30. The maximum Gasteiger partial charge on any atom is 0.169 e. The maximum atomic E-state index is 14.8. The number of fused-ring (bicyclic) bond motifs is 1. The van der Waals surface area contributed by atoms with Gasteiger partial charge in [-0.25, -0.2) is 4.39 Å². The summed E-state index contributed by atoms with van der Waals surface area (Å²) in [5.74, 6) is 0.0739. The van der Waals surface area contributed by atoms with Crippen LogP contribution in [0.5, 0.6) is 5.75 Å². The molecule has 2 aliphatic rings. The van der Waals surface area contributed by atoms with Gasteiger partial charge in [0.1, 0.15) is 5.69 Å². The van der Waals surface area contributed by atoms with Crippen LogP contribution >= 0.6 is 0 Å². The lowest BCUT2D eigenvalue weighted by Gasteiger charge is -2.36. The van der Waals surface area contributed by atoms with E-state index >= 15 is 0 Å². The summed E-state index contributed by atoms with van der Waals surface area (Å²) in [4.78, 5) is 16.4. The van der Waals surface area contributed by atoms with Crippen LogP contribution in [-0.4, -0.2) is 56.6 Å². The first-order chi connectivity index (χ1) is 11.0. The number of benzene rings is 1. The van der Waals surface area contributed by atoms with Crippen LogP contribution < -0.4 is 15.0 Å². The van der Waals surface area contributed by atoms with E-state index in [0.29, 0.717) is 35.7 Å². The van der Waals surface area contributed by atoms with Crippen LogP contribution in [0.4, 0.5) is 15.8 Å². The zero-order chi connectivity index (χ0) is 16.6. The third kappa shape index (κ3) is 3.13. The summed E-state index contributed by atoms with van der Waals surface area (Å²) in [6.45, 7) is 7.64. The van der Waals surface area contributed by atoms with Crippen LogP contribution in [-0.2, 0) is 0 Å². The molecule has 6 heteroatoms. The van der Waals surface area contributed by atoms with Crippen molar-refractivity contribution in [3.05, 3.63) is 17.4 Å². The fourth-order valence-corrected chi connectivity index (χ4v) is 3.12. The molecule has 1 aromatic rings. The van der Waals surface area contributed by atoms with Gasteiger partial charge < -0.3 is 19.9 Å². The average molecular weight is 321 g/mol. The van der Waals surface area contributed by atoms with Gasteiger partial charge in [0.15, 0.2) is 17.3 Å². The van der Waals surface area contributed by atoms with Gasteiger partial charge in [-0.15, -0.1) is 0 Å². The van der Waals surface area contributed by atoms with Crippen molar-refractivity contribution in [3.8, 4) is 5.75 Å². The van der Waals surface area contributed by atoms with E-state index in [1.165, 1.54) is 6.07 Å². The highest BCUT2D eigenvalue weighted by atomic mass is 19.1. The first-order valence-electron chi connectivity index (χ1n) is 8.21. The molecule has 1 saturated heterocycles. The number of anilines is 2. The first kappa shape index (κ1) is 16.1. The van der Waals surface area contributed by atoms with Gasteiger partial charge in [-0.05, 0) is 27.0 Å². The number of carbonyl (C=O) groups excluding carboxylic acids is 1. The first-order valence-corrected chi connectivity index (χ1v) is 8.21. The maximum absolute atomic E-state index is 14.8. The Kier molecular flexibility index (Phi) is 4.43. The Morgan fingerprint density at radius 1 is 1.26 bits per heavy atom. The lowest BCUT2D eigenvalue weighted by Crippen LogP contribution is -2.45. The molecule has 0 spiro atoms. The summed E-state index contributed by atoms with van der Waals surface area (Å²) in [5, 5.41) is 3.23. The minimum absolute atomic E-state index is 0.0313. The molecular formula is C17H24FN3O2. The Bertz CT molecular complexity index is 610. The topological polar surface area (TPSA) is 44.8 Å². The van der Waals surface area contributed by atoms with Crippen LogP contribution in [0.2, 0.25) is 0 Å². The Morgan fingerprint density at radius 2 is 1.96 bits per heavy atom. The van der Waals surface area contributed by atoms with Crippen molar-refractivity contribution >= 4 is 17.2 Å². The quantitative estimate of drug-likeness (QED) is 0.926. The Balaban J connectivity index is 2.08. The molecule has 126 valence electrons. The number of Topliss-reactive ketones (excluding diaryl/α,β-unsaturated/α-hetero) is 1. The molecule has 0 unspecified atom stereocenters. The molecule has 23 heavy (non-hydrogen) atoms. The monoisotopic (exact) mass is 321 g/mol. The van der Waals surface area contributed by atoms with Crippen molar-refractivity contribution in [2.45, 2.75) is 26.4 Å². The summed E-state index contributed by atoms with van der Waals surface area (Å²) in [6.07, 6.45) is 0.299. The molecule has 3 rings (SSSR count). The summed E-state index contributed by atoms with van der Waals surface area (Å²) < 4.78 is 20.8. The van der Waals surface area contributed by atoms with E-state index in [4.69, 9.17) is 4.74 Å². The van der Waals surface area contributed by atoms with Crippen LogP contribution in [0.3, 0.4) is 0 Å². The third-order valence-electron chi connectivity index (χ3n) is 4.34. The molecule has 0 aliphatic carbocycles. The summed E-state index contributed by atoms with van der Waals surface area (Å²) in [7, 11) is 2.06. The van der Waals surface area contributed by atoms with Crippen LogP contribution in [0.15, 0.2) is 6.07 Å². The van der Waals surface area contributed by atoms with Crippen molar-refractivity contribution in [3.63, 3.8) is 0 Å². The lowest BCUT2D eigenvalue weighted by molar-refractivity contribution is 0.0982. The number of hydrogen-bond donors (Lipinski definition) is 1. The fraction of sp³-hybridized carbons (Fsp3) is 0.588. The zero-order valence-corrected chi connectivity index (χ0v) is 14.0. The van der Waals surface area contributed by atoms with Crippen LogP contribution in [0.25, 0.3) is 0 Å². The predicted octanol–water partition coefficient (Wildman–Crippen LogP) is 2.36. The van der Waals surface area contributed by atoms with E-state index in [0.717, 1.165) is 26.2 Å². The minimum Gasteiger partial charge on any atom is -0.487 e. The molecule has 0 amide bonds. The van der Waals surface area contributed by atoms with Crippen LogP contribution in [0.1, 0.15) is 30.6 Å². The van der Waals surface area contributed by atoms with Gasteiger partial charge in [0.05, 0.1) is 11.8 Å². The number of ether oxygens (including phenoxy) is 1. The number of rotatable bonds is 3. The molecule has 1 aromatic carbocycles. The van der Waals surface area contributed by atoms with Gasteiger partial charge in [0.25, 0.3) is 0 Å². The van der Waals surface area contributed by atoms with Crippen molar-refractivity contribution in [2.75, 3.05) is 50.0 Å².